The highest BCUT2D eigenvalue weighted by atomic mass is 16.3. The molecule has 8 nitrogen and oxygen atoms in total. The second kappa shape index (κ2) is 8.18. The first-order chi connectivity index (χ1) is 16.7. The van der Waals surface area contributed by atoms with E-state index in [1.165, 1.54) is 0 Å². The monoisotopic (exact) mass is 446 g/mol. The molecule has 0 fully saturated rings. The molecule has 0 spiro atoms. The zero-order valence-corrected chi connectivity index (χ0v) is 17.8. The number of nitrogens with zero attached hydrogens (tertiary/aromatic N) is 4. The fourth-order valence-electron chi connectivity index (χ4n) is 3.78. The molecule has 0 aliphatic carbocycles. The highest BCUT2D eigenvalue weighted by molar-refractivity contribution is 6.08. The van der Waals surface area contributed by atoms with Crippen LogP contribution in [0, 0.1) is 0 Å². The van der Waals surface area contributed by atoms with Crippen molar-refractivity contribution in [3.63, 3.8) is 0 Å². The molecule has 6 aromatic rings. The van der Waals surface area contributed by atoms with Crippen LogP contribution in [0.5, 0.6) is 0 Å². The summed E-state index contributed by atoms with van der Waals surface area (Å²) in [6, 6.07) is 22.5. The largest absolute Gasteiger partial charge is 0.461 e. The molecule has 0 saturated carbocycles. The number of aromatic nitrogens is 5. The Morgan fingerprint density at radius 1 is 1.00 bits per heavy atom. The van der Waals surface area contributed by atoms with Crippen LogP contribution >= 0.6 is 0 Å². The SMILES string of the molecule is O=C(Nc1ccc2nc(-c3ccco3)[nH]c2c1)c1cn(-c2ccccc2)nc1-c1cccnc1. The number of fused-ring (bicyclic) bond motifs is 1. The molecule has 0 atom stereocenters. The zero-order valence-electron chi connectivity index (χ0n) is 17.8. The normalized spacial score (nSPS) is 11.1. The van der Waals surface area contributed by atoms with Gasteiger partial charge in [-0.15, -0.1) is 0 Å². The highest BCUT2D eigenvalue weighted by Gasteiger charge is 2.19. The van der Waals surface area contributed by atoms with E-state index in [1.54, 1.807) is 29.5 Å². The van der Waals surface area contributed by atoms with Crippen molar-refractivity contribution < 1.29 is 9.21 Å². The van der Waals surface area contributed by atoms with Gasteiger partial charge in [0.15, 0.2) is 11.6 Å². The van der Waals surface area contributed by atoms with Crippen LogP contribution in [-0.4, -0.2) is 30.6 Å². The third kappa shape index (κ3) is 3.63. The third-order valence-corrected chi connectivity index (χ3v) is 5.41. The standard InChI is InChI=1S/C26H18N6O2/c33-26(28-18-10-11-21-22(14-18)30-25(29-21)23-9-5-13-34-23)20-16-32(19-7-2-1-3-8-19)31-24(20)17-6-4-12-27-15-17/h1-16H,(H,28,33)(H,29,30). The number of aromatic amines is 1. The topological polar surface area (TPSA) is 102 Å². The Hall–Kier alpha value is -4.98. The first kappa shape index (κ1) is 19.7. The van der Waals surface area contributed by atoms with Crippen LogP contribution in [0.15, 0.2) is 102 Å². The number of hydrogen-bond donors (Lipinski definition) is 2. The summed E-state index contributed by atoms with van der Waals surface area (Å²) in [7, 11) is 0. The summed E-state index contributed by atoms with van der Waals surface area (Å²) in [4.78, 5) is 25.3. The third-order valence-electron chi connectivity index (χ3n) is 5.41. The van der Waals surface area contributed by atoms with Crippen molar-refractivity contribution >= 4 is 22.6 Å². The predicted octanol–water partition coefficient (Wildman–Crippen LogP) is 5.32. The fraction of sp³-hybridized carbons (Fsp3) is 0. The highest BCUT2D eigenvalue weighted by Crippen LogP contribution is 2.26. The molecular formula is C26H18N6O2. The van der Waals surface area contributed by atoms with Gasteiger partial charge in [0.25, 0.3) is 5.91 Å². The van der Waals surface area contributed by atoms with Crippen molar-refractivity contribution in [1.82, 2.24) is 24.7 Å². The molecule has 2 aromatic carbocycles. The fourth-order valence-corrected chi connectivity index (χ4v) is 3.78. The van der Waals surface area contributed by atoms with E-state index in [1.807, 2.05) is 72.8 Å². The van der Waals surface area contributed by atoms with Crippen molar-refractivity contribution in [1.29, 1.82) is 0 Å². The van der Waals surface area contributed by atoms with E-state index >= 15 is 0 Å². The van der Waals surface area contributed by atoms with Gasteiger partial charge in [0.05, 0.1) is 28.5 Å². The van der Waals surface area contributed by atoms with Crippen molar-refractivity contribution in [2.75, 3.05) is 5.32 Å². The maximum Gasteiger partial charge on any atom is 0.259 e. The van der Waals surface area contributed by atoms with Gasteiger partial charge in [0.1, 0.15) is 5.69 Å². The molecule has 4 heterocycles. The summed E-state index contributed by atoms with van der Waals surface area (Å²) >= 11 is 0. The average Bonchev–Trinajstić information content (AvgIpc) is 3.64. The quantitative estimate of drug-likeness (QED) is 0.373. The van der Waals surface area contributed by atoms with Gasteiger partial charge in [-0.1, -0.05) is 18.2 Å². The van der Waals surface area contributed by atoms with E-state index < -0.39 is 0 Å². The number of pyridine rings is 1. The Morgan fingerprint density at radius 2 is 1.91 bits per heavy atom. The van der Waals surface area contributed by atoms with Crippen LogP contribution in [-0.2, 0) is 0 Å². The number of furan rings is 1. The smallest absolute Gasteiger partial charge is 0.259 e. The molecule has 0 aliphatic rings. The molecule has 34 heavy (non-hydrogen) atoms. The Kier molecular flexibility index (Phi) is 4.73. The van der Waals surface area contributed by atoms with Crippen molar-refractivity contribution in [3.8, 4) is 28.5 Å². The number of nitrogens with one attached hydrogen (secondary N) is 2. The minimum atomic E-state index is -0.272. The minimum absolute atomic E-state index is 0.272. The zero-order chi connectivity index (χ0) is 22.9. The Balaban J connectivity index is 1.35. The lowest BCUT2D eigenvalue weighted by molar-refractivity contribution is 0.102. The Bertz CT molecular complexity index is 1580. The van der Waals surface area contributed by atoms with E-state index in [-0.39, 0.29) is 5.91 Å². The number of carbonyl (C=O) groups excluding carboxylic acids is 1. The van der Waals surface area contributed by atoms with E-state index in [0.29, 0.717) is 28.5 Å². The van der Waals surface area contributed by atoms with Crippen molar-refractivity contribution in [2.45, 2.75) is 0 Å². The number of H-pyrrole nitrogens is 1. The number of rotatable bonds is 5. The van der Waals surface area contributed by atoms with Gasteiger partial charge >= 0.3 is 0 Å². The van der Waals surface area contributed by atoms with E-state index in [0.717, 1.165) is 22.3 Å². The second-order valence-electron chi connectivity index (χ2n) is 7.66. The number of carbonyl (C=O) groups is 1. The lowest BCUT2D eigenvalue weighted by atomic mass is 10.1. The molecule has 0 radical (unpaired) electrons. The van der Waals surface area contributed by atoms with Crippen molar-refractivity contribution in [3.05, 3.63) is 103 Å². The molecular weight excluding hydrogens is 428 g/mol. The molecule has 1 amide bonds. The van der Waals surface area contributed by atoms with Gasteiger partial charge < -0.3 is 14.7 Å². The molecule has 8 heteroatoms. The van der Waals surface area contributed by atoms with Crippen LogP contribution in [0.3, 0.4) is 0 Å². The first-order valence-corrected chi connectivity index (χ1v) is 10.6. The predicted molar refractivity (Wildman–Crippen MR) is 129 cm³/mol. The van der Waals surface area contributed by atoms with Gasteiger partial charge in [-0.05, 0) is 54.6 Å². The van der Waals surface area contributed by atoms with Crippen molar-refractivity contribution in [2.24, 2.45) is 0 Å². The number of amides is 1. The van der Waals surface area contributed by atoms with Crippen LogP contribution in [0.1, 0.15) is 10.4 Å². The van der Waals surface area contributed by atoms with Gasteiger partial charge in [-0.25, -0.2) is 9.67 Å². The molecule has 4 aromatic heterocycles. The number of anilines is 1. The number of benzene rings is 2. The molecule has 6 rings (SSSR count). The summed E-state index contributed by atoms with van der Waals surface area (Å²) in [5.74, 6) is 1.01. The maximum absolute atomic E-state index is 13.4. The maximum atomic E-state index is 13.4. The Labute approximate surface area is 193 Å². The molecule has 0 unspecified atom stereocenters. The summed E-state index contributed by atoms with van der Waals surface area (Å²) in [6.07, 6.45) is 6.72. The minimum Gasteiger partial charge on any atom is -0.461 e. The summed E-state index contributed by atoms with van der Waals surface area (Å²) in [5.41, 5.74) is 4.81. The van der Waals surface area contributed by atoms with Gasteiger partial charge in [-0.3, -0.25) is 9.78 Å². The summed E-state index contributed by atoms with van der Waals surface area (Å²) in [6.45, 7) is 0. The van der Waals surface area contributed by atoms with Gasteiger partial charge in [-0.2, -0.15) is 5.10 Å². The first-order valence-electron chi connectivity index (χ1n) is 10.6. The summed E-state index contributed by atoms with van der Waals surface area (Å²) < 4.78 is 7.12. The molecule has 0 aliphatic heterocycles. The molecule has 0 saturated heterocycles. The van der Waals surface area contributed by atoms with Crippen LogP contribution < -0.4 is 5.32 Å². The van der Waals surface area contributed by atoms with E-state index in [4.69, 9.17) is 4.42 Å². The average molecular weight is 446 g/mol. The van der Waals surface area contributed by atoms with Gasteiger partial charge in [0.2, 0.25) is 0 Å². The number of hydrogen-bond acceptors (Lipinski definition) is 5. The Morgan fingerprint density at radius 3 is 2.71 bits per heavy atom. The van der Waals surface area contributed by atoms with E-state index in [2.05, 4.69) is 25.4 Å². The lowest BCUT2D eigenvalue weighted by Crippen LogP contribution is -2.12. The molecule has 164 valence electrons. The summed E-state index contributed by atoms with van der Waals surface area (Å²) in [5, 5.41) is 7.67. The number of para-hydroxylation sites is 1. The number of imidazole rings is 1. The molecule has 0 bridgehead atoms. The van der Waals surface area contributed by atoms with Gasteiger partial charge in [0, 0.05) is 29.8 Å². The molecule has 2 N–H and O–H groups in total. The van der Waals surface area contributed by atoms with Crippen LogP contribution in [0.4, 0.5) is 5.69 Å². The van der Waals surface area contributed by atoms with Crippen LogP contribution in [0.2, 0.25) is 0 Å². The van der Waals surface area contributed by atoms with Crippen LogP contribution in [0.25, 0.3) is 39.6 Å². The van der Waals surface area contributed by atoms with E-state index in [9.17, 15) is 4.79 Å². The lowest BCUT2D eigenvalue weighted by Gasteiger charge is -2.05. The second-order valence-corrected chi connectivity index (χ2v) is 7.66.